The van der Waals surface area contributed by atoms with E-state index in [1.165, 1.54) is 44.2 Å². The van der Waals surface area contributed by atoms with Gasteiger partial charge in [0.05, 0.1) is 11.4 Å². The maximum Gasteiger partial charge on any atom is 0.0540 e. The van der Waals surface area contributed by atoms with Gasteiger partial charge in [0.2, 0.25) is 0 Å². The lowest BCUT2D eigenvalue weighted by atomic mass is 9.98. The van der Waals surface area contributed by atoms with E-state index in [1.807, 2.05) is 0 Å². The Bertz CT molecular complexity index is 2620. The highest BCUT2D eigenvalue weighted by Gasteiger charge is 2.19. The van der Waals surface area contributed by atoms with E-state index < -0.39 is 0 Å². The normalized spacial score (nSPS) is 11.0. The van der Waals surface area contributed by atoms with Crippen LogP contribution < -0.4 is 9.80 Å². The van der Waals surface area contributed by atoms with Gasteiger partial charge >= 0.3 is 0 Å². The molecule has 0 aliphatic carbocycles. The number of fused-ring (bicyclic) bond motifs is 1. The van der Waals surface area contributed by atoms with Crippen molar-refractivity contribution in [2.45, 2.75) is 0 Å². The first-order valence-corrected chi connectivity index (χ1v) is 18.4. The summed E-state index contributed by atoms with van der Waals surface area (Å²) >= 11 is 0. The molecular weight excluding hydrogens is 653 g/mol. The summed E-state index contributed by atoms with van der Waals surface area (Å²) < 4.78 is 0. The molecule has 0 saturated heterocycles. The zero-order valence-corrected chi connectivity index (χ0v) is 29.8. The fourth-order valence-corrected chi connectivity index (χ4v) is 7.41. The summed E-state index contributed by atoms with van der Waals surface area (Å²) in [5, 5.41) is 2.38. The first-order chi connectivity index (χ1) is 26.8. The standard InChI is InChI=1S/C52H38N2/c1-5-16-39(17-6-1)40-30-34-47(35-31-40)53(45-21-9-3-10-22-45)48-36-32-41(33-37-48)44-29-28-43-20-15-27-52(50(43)38-44)54(46-23-11-4-12-24-46)51-26-14-13-25-49(51)42-18-7-2-8-19-42/h1-38H. The Morgan fingerprint density at radius 3 is 1.28 bits per heavy atom. The molecule has 9 aromatic carbocycles. The second-order valence-corrected chi connectivity index (χ2v) is 13.4. The summed E-state index contributed by atoms with van der Waals surface area (Å²) in [7, 11) is 0. The number of para-hydroxylation sites is 3. The van der Waals surface area contributed by atoms with E-state index in [1.54, 1.807) is 0 Å². The van der Waals surface area contributed by atoms with Crippen LogP contribution in [0.1, 0.15) is 0 Å². The van der Waals surface area contributed by atoms with Crippen LogP contribution in [0.4, 0.5) is 34.1 Å². The van der Waals surface area contributed by atoms with Gasteiger partial charge < -0.3 is 9.80 Å². The summed E-state index contributed by atoms with van der Waals surface area (Å²) in [5.74, 6) is 0. The number of hydrogen-bond donors (Lipinski definition) is 0. The van der Waals surface area contributed by atoms with Crippen LogP contribution in [-0.4, -0.2) is 0 Å². The van der Waals surface area contributed by atoms with Crippen molar-refractivity contribution in [1.82, 2.24) is 0 Å². The summed E-state index contributed by atoms with van der Waals surface area (Å²) in [6.07, 6.45) is 0. The number of anilines is 6. The molecule has 0 amide bonds. The van der Waals surface area contributed by atoms with Gasteiger partial charge in [0, 0.05) is 33.7 Å². The van der Waals surface area contributed by atoms with Gasteiger partial charge in [-0.15, -0.1) is 0 Å². The molecule has 2 nitrogen and oxygen atoms in total. The minimum absolute atomic E-state index is 1.10. The third kappa shape index (κ3) is 6.53. The van der Waals surface area contributed by atoms with Crippen LogP contribution in [-0.2, 0) is 0 Å². The highest BCUT2D eigenvalue weighted by atomic mass is 15.1. The van der Waals surface area contributed by atoms with Crippen LogP contribution in [0.5, 0.6) is 0 Å². The first kappa shape index (κ1) is 32.7. The summed E-state index contributed by atoms with van der Waals surface area (Å²) in [4.78, 5) is 4.72. The zero-order chi connectivity index (χ0) is 36.1. The fraction of sp³-hybridized carbons (Fsp3) is 0. The quantitative estimate of drug-likeness (QED) is 0.149. The molecule has 0 atom stereocenters. The summed E-state index contributed by atoms with van der Waals surface area (Å²) in [6.45, 7) is 0. The number of hydrogen-bond acceptors (Lipinski definition) is 2. The van der Waals surface area contributed by atoms with Crippen molar-refractivity contribution >= 4 is 44.9 Å². The smallest absolute Gasteiger partial charge is 0.0540 e. The van der Waals surface area contributed by atoms with Gasteiger partial charge in [0.15, 0.2) is 0 Å². The molecule has 0 bridgehead atoms. The summed E-state index contributed by atoms with van der Waals surface area (Å²) in [6, 6.07) is 82.4. The molecule has 0 aromatic heterocycles. The number of rotatable bonds is 9. The Balaban J connectivity index is 1.11. The van der Waals surface area contributed by atoms with E-state index in [0.29, 0.717) is 0 Å². The van der Waals surface area contributed by atoms with Crippen molar-refractivity contribution in [3.8, 4) is 33.4 Å². The predicted molar refractivity (Wildman–Crippen MR) is 230 cm³/mol. The van der Waals surface area contributed by atoms with Gasteiger partial charge in [0.1, 0.15) is 0 Å². The van der Waals surface area contributed by atoms with E-state index in [4.69, 9.17) is 0 Å². The maximum atomic E-state index is 2.40. The molecular formula is C52H38N2. The molecule has 0 fully saturated rings. The van der Waals surface area contributed by atoms with Crippen LogP contribution in [0.3, 0.4) is 0 Å². The van der Waals surface area contributed by atoms with Crippen molar-refractivity contribution < 1.29 is 0 Å². The molecule has 0 saturated carbocycles. The van der Waals surface area contributed by atoms with Crippen molar-refractivity contribution in [2.75, 3.05) is 9.80 Å². The predicted octanol–water partition coefficient (Wildman–Crippen LogP) is 14.8. The minimum Gasteiger partial charge on any atom is -0.311 e. The van der Waals surface area contributed by atoms with Gasteiger partial charge in [-0.1, -0.05) is 164 Å². The van der Waals surface area contributed by atoms with Crippen LogP contribution in [0, 0.1) is 0 Å². The molecule has 9 aromatic rings. The van der Waals surface area contributed by atoms with Crippen LogP contribution in [0.25, 0.3) is 44.2 Å². The van der Waals surface area contributed by atoms with Crippen molar-refractivity contribution in [2.24, 2.45) is 0 Å². The molecule has 2 heteroatoms. The van der Waals surface area contributed by atoms with Crippen molar-refractivity contribution in [1.29, 1.82) is 0 Å². The Morgan fingerprint density at radius 2 is 0.667 bits per heavy atom. The lowest BCUT2D eigenvalue weighted by Crippen LogP contribution is -2.11. The van der Waals surface area contributed by atoms with Crippen molar-refractivity contribution in [3.63, 3.8) is 0 Å². The fourth-order valence-electron chi connectivity index (χ4n) is 7.41. The maximum absolute atomic E-state index is 2.40. The molecule has 256 valence electrons. The van der Waals surface area contributed by atoms with E-state index in [0.717, 1.165) is 34.1 Å². The van der Waals surface area contributed by atoms with Crippen LogP contribution >= 0.6 is 0 Å². The topological polar surface area (TPSA) is 6.48 Å². The first-order valence-electron chi connectivity index (χ1n) is 18.4. The SMILES string of the molecule is c1ccc(-c2ccc(N(c3ccccc3)c3ccc(-c4ccc5cccc(N(c6ccccc6)c6ccccc6-c6ccccc6)c5c4)cc3)cc2)cc1. The Morgan fingerprint density at radius 1 is 0.241 bits per heavy atom. The van der Waals surface area contributed by atoms with E-state index >= 15 is 0 Å². The molecule has 0 spiro atoms. The minimum atomic E-state index is 1.10. The Kier molecular flexibility index (Phi) is 8.99. The highest BCUT2D eigenvalue weighted by molar-refractivity contribution is 6.02. The van der Waals surface area contributed by atoms with Gasteiger partial charge in [-0.05, 0) is 99.9 Å². The highest BCUT2D eigenvalue weighted by Crippen LogP contribution is 2.44. The van der Waals surface area contributed by atoms with Gasteiger partial charge in [-0.2, -0.15) is 0 Å². The number of nitrogens with zero attached hydrogens (tertiary/aromatic N) is 2. The monoisotopic (exact) mass is 690 g/mol. The van der Waals surface area contributed by atoms with Crippen molar-refractivity contribution in [3.05, 3.63) is 231 Å². The number of benzene rings is 9. The summed E-state index contributed by atoms with van der Waals surface area (Å²) in [5.41, 5.74) is 13.8. The second kappa shape index (κ2) is 14.8. The van der Waals surface area contributed by atoms with Gasteiger partial charge in [-0.3, -0.25) is 0 Å². The van der Waals surface area contributed by atoms with Gasteiger partial charge in [0.25, 0.3) is 0 Å². The van der Waals surface area contributed by atoms with E-state index in [9.17, 15) is 0 Å². The molecule has 0 N–H and O–H groups in total. The average Bonchev–Trinajstić information content (AvgIpc) is 3.26. The Labute approximate surface area is 317 Å². The van der Waals surface area contributed by atoms with Crippen LogP contribution in [0.15, 0.2) is 231 Å². The third-order valence-corrected chi connectivity index (χ3v) is 10.1. The lowest BCUT2D eigenvalue weighted by molar-refractivity contribution is 1.28. The second-order valence-electron chi connectivity index (χ2n) is 13.4. The molecule has 0 radical (unpaired) electrons. The lowest BCUT2D eigenvalue weighted by Gasteiger charge is -2.29. The zero-order valence-electron chi connectivity index (χ0n) is 29.8. The largest absolute Gasteiger partial charge is 0.311 e. The van der Waals surface area contributed by atoms with E-state index in [-0.39, 0.29) is 0 Å². The molecule has 9 rings (SSSR count). The van der Waals surface area contributed by atoms with Gasteiger partial charge in [-0.25, -0.2) is 0 Å². The third-order valence-electron chi connectivity index (χ3n) is 10.1. The molecule has 0 aliphatic rings. The molecule has 0 unspecified atom stereocenters. The van der Waals surface area contributed by atoms with E-state index in [2.05, 4.69) is 240 Å². The molecule has 54 heavy (non-hydrogen) atoms. The average molecular weight is 691 g/mol. The Hall–Kier alpha value is -7.16. The van der Waals surface area contributed by atoms with Crippen LogP contribution in [0.2, 0.25) is 0 Å². The molecule has 0 aliphatic heterocycles. The molecule has 0 heterocycles.